The third kappa shape index (κ3) is 3.49. The van der Waals surface area contributed by atoms with Crippen molar-refractivity contribution >= 4 is 11.8 Å². The molecule has 3 heterocycles. The highest BCUT2D eigenvalue weighted by molar-refractivity contribution is 5.99. The number of pyridine rings is 1. The number of halogens is 2. The Morgan fingerprint density at radius 2 is 2.00 bits per heavy atom. The van der Waals surface area contributed by atoms with Crippen molar-refractivity contribution in [2.45, 2.75) is 52.0 Å². The molecule has 1 saturated heterocycles. The van der Waals surface area contributed by atoms with Crippen LogP contribution in [0.3, 0.4) is 0 Å². The van der Waals surface area contributed by atoms with Crippen LogP contribution in [0.25, 0.3) is 0 Å². The normalized spacial score (nSPS) is 22.4. The molecule has 3 atom stereocenters. The standard InChI is InChI=1S/C22H24F2N4O4/c1-11-4-5-14(17(24)6-11)8-25-21(31)15-9-27-18(20(30)19(15)29)22(32)26-10-28(27)12(2)7-16(23)13(26)3/h4-6,9,12-13,16,30H,7-8,10H2,1-3H3,(H,25,31)/t12-,13+,16+/m1/s1. The molecule has 2 aliphatic rings. The van der Waals surface area contributed by atoms with Crippen molar-refractivity contribution < 1.29 is 23.5 Å². The zero-order valence-corrected chi connectivity index (χ0v) is 17.9. The number of aromatic nitrogens is 1. The lowest BCUT2D eigenvalue weighted by atomic mass is 10.1. The maximum Gasteiger partial charge on any atom is 0.278 e. The minimum Gasteiger partial charge on any atom is -0.502 e. The van der Waals surface area contributed by atoms with Crippen LogP contribution in [0.5, 0.6) is 5.75 Å². The molecule has 8 nitrogen and oxygen atoms in total. The molecule has 0 spiro atoms. The molecule has 4 rings (SSSR count). The van der Waals surface area contributed by atoms with Gasteiger partial charge in [0.25, 0.3) is 11.8 Å². The zero-order chi connectivity index (χ0) is 23.3. The van der Waals surface area contributed by atoms with Gasteiger partial charge in [0.15, 0.2) is 11.4 Å². The Morgan fingerprint density at radius 1 is 1.28 bits per heavy atom. The van der Waals surface area contributed by atoms with Crippen molar-refractivity contribution in [3.05, 3.63) is 62.8 Å². The van der Waals surface area contributed by atoms with Crippen molar-refractivity contribution in [3.8, 4) is 5.75 Å². The Bertz CT molecular complexity index is 1170. The fourth-order valence-electron chi connectivity index (χ4n) is 4.15. The number of hydrogen-bond donors (Lipinski definition) is 2. The number of amides is 2. The van der Waals surface area contributed by atoms with E-state index in [1.165, 1.54) is 27.9 Å². The highest BCUT2D eigenvalue weighted by Gasteiger charge is 2.43. The molecule has 0 saturated carbocycles. The molecule has 32 heavy (non-hydrogen) atoms. The van der Waals surface area contributed by atoms with E-state index in [4.69, 9.17) is 0 Å². The second kappa shape index (κ2) is 7.92. The fraction of sp³-hybridized carbons (Fsp3) is 0.409. The summed E-state index contributed by atoms with van der Waals surface area (Å²) in [6.45, 7) is 4.96. The van der Waals surface area contributed by atoms with Crippen LogP contribution in [-0.2, 0) is 6.54 Å². The van der Waals surface area contributed by atoms with E-state index < -0.39 is 46.6 Å². The lowest BCUT2D eigenvalue weighted by Crippen LogP contribution is -2.57. The number of rotatable bonds is 3. The summed E-state index contributed by atoms with van der Waals surface area (Å²) >= 11 is 0. The van der Waals surface area contributed by atoms with Crippen LogP contribution in [0.15, 0.2) is 29.2 Å². The van der Waals surface area contributed by atoms with Gasteiger partial charge < -0.3 is 15.3 Å². The predicted molar refractivity (Wildman–Crippen MR) is 112 cm³/mol. The third-order valence-electron chi connectivity index (χ3n) is 6.18. The molecule has 0 radical (unpaired) electrons. The number of carbonyl (C=O) groups excluding carboxylic acids is 2. The van der Waals surface area contributed by atoms with Crippen molar-refractivity contribution in [2.75, 3.05) is 11.7 Å². The number of benzene rings is 1. The maximum absolute atomic E-state index is 14.6. The van der Waals surface area contributed by atoms with Gasteiger partial charge in [-0.15, -0.1) is 0 Å². The molecule has 2 bridgehead atoms. The average molecular weight is 446 g/mol. The highest BCUT2D eigenvalue weighted by Crippen LogP contribution is 2.30. The zero-order valence-electron chi connectivity index (χ0n) is 17.9. The van der Waals surface area contributed by atoms with Crippen molar-refractivity contribution in [3.63, 3.8) is 0 Å². The maximum atomic E-state index is 14.6. The Morgan fingerprint density at radius 3 is 2.69 bits per heavy atom. The van der Waals surface area contributed by atoms with Crippen LogP contribution in [0, 0.1) is 12.7 Å². The molecule has 1 fully saturated rings. The predicted octanol–water partition coefficient (Wildman–Crippen LogP) is 1.80. The fourth-order valence-corrected chi connectivity index (χ4v) is 4.15. The van der Waals surface area contributed by atoms with E-state index in [9.17, 15) is 28.3 Å². The van der Waals surface area contributed by atoms with Crippen LogP contribution in [0.1, 0.15) is 52.2 Å². The average Bonchev–Trinajstić information content (AvgIpc) is 2.83. The number of hydrogen-bond acceptors (Lipinski definition) is 5. The lowest BCUT2D eigenvalue weighted by Gasteiger charge is -2.41. The molecular weight excluding hydrogens is 422 g/mol. The van der Waals surface area contributed by atoms with Crippen LogP contribution in [0.4, 0.5) is 8.78 Å². The molecule has 2 aromatic rings. The smallest absolute Gasteiger partial charge is 0.278 e. The van der Waals surface area contributed by atoms with Gasteiger partial charge in [-0.05, 0) is 32.4 Å². The van der Waals surface area contributed by atoms with E-state index in [0.717, 1.165) is 5.56 Å². The quantitative estimate of drug-likeness (QED) is 0.750. The molecule has 0 aliphatic carbocycles. The molecule has 170 valence electrons. The first kappa shape index (κ1) is 21.8. The van der Waals surface area contributed by atoms with Gasteiger partial charge in [-0.25, -0.2) is 8.78 Å². The first-order chi connectivity index (χ1) is 15.1. The Kier molecular flexibility index (Phi) is 5.39. The van der Waals surface area contributed by atoms with Crippen LogP contribution >= 0.6 is 0 Å². The SMILES string of the molecule is Cc1ccc(CNC(=O)c2cn3c(c(O)c2=O)C(=O)N2CN3[C@H](C)C[C@H](F)[C@@H]2C)c(F)c1. The second-order valence-electron chi connectivity index (χ2n) is 8.39. The number of aryl methyl sites for hydroxylation is 1. The minimum atomic E-state index is -1.28. The number of carbonyl (C=O) groups is 2. The molecule has 10 heteroatoms. The van der Waals surface area contributed by atoms with Crippen molar-refractivity contribution in [1.82, 2.24) is 14.9 Å². The van der Waals surface area contributed by atoms with Gasteiger partial charge in [0.05, 0.1) is 6.04 Å². The minimum absolute atomic E-state index is 0.0481. The van der Waals surface area contributed by atoms with Gasteiger partial charge in [-0.3, -0.25) is 24.1 Å². The van der Waals surface area contributed by atoms with E-state index in [0.29, 0.717) is 0 Å². The van der Waals surface area contributed by atoms with Gasteiger partial charge in [0, 0.05) is 30.8 Å². The molecule has 2 N–H and O–H groups in total. The molecule has 1 aromatic carbocycles. The molecular formula is C22H24F2N4O4. The Labute approximate surface area is 183 Å². The summed E-state index contributed by atoms with van der Waals surface area (Å²) in [5.41, 5.74) is -0.771. The summed E-state index contributed by atoms with van der Waals surface area (Å²) in [5, 5.41) is 14.7. The number of alkyl halides is 1. The van der Waals surface area contributed by atoms with E-state index in [1.54, 1.807) is 31.8 Å². The molecule has 1 aromatic heterocycles. The van der Waals surface area contributed by atoms with E-state index in [1.807, 2.05) is 0 Å². The van der Waals surface area contributed by atoms with Crippen molar-refractivity contribution in [1.29, 1.82) is 0 Å². The van der Waals surface area contributed by atoms with Crippen LogP contribution in [-0.4, -0.2) is 51.4 Å². The summed E-state index contributed by atoms with van der Waals surface area (Å²) in [6.07, 6.45) is 0.0218. The molecule has 0 unspecified atom stereocenters. The summed E-state index contributed by atoms with van der Waals surface area (Å²) in [7, 11) is 0. The lowest BCUT2D eigenvalue weighted by molar-refractivity contribution is 0.0553. The first-order valence-electron chi connectivity index (χ1n) is 10.3. The number of fused-ring (bicyclic) bond motifs is 4. The van der Waals surface area contributed by atoms with E-state index in [2.05, 4.69) is 5.32 Å². The van der Waals surface area contributed by atoms with E-state index in [-0.39, 0.29) is 36.9 Å². The molecule has 2 aliphatic heterocycles. The highest BCUT2D eigenvalue weighted by atomic mass is 19.1. The van der Waals surface area contributed by atoms with Gasteiger partial charge >= 0.3 is 0 Å². The topological polar surface area (TPSA) is 94.9 Å². The first-order valence-corrected chi connectivity index (χ1v) is 10.3. The summed E-state index contributed by atoms with van der Waals surface area (Å²) in [5.74, 6) is -2.88. The van der Waals surface area contributed by atoms with Gasteiger partial charge in [-0.1, -0.05) is 12.1 Å². The number of aromatic hydroxyl groups is 1. The summed E-state index contributed by atoms with van der Waals surface area (Å²) in [6, 6.07) is 3.46. The van der Waals surface area contributed by atoms with Crippen LogP contribution in [0.2, 0.25) is 0 Å². The third-order valence-corrected chi connectivity index (χ3v) is 6.18. The number of nitrogens with zero attached hydrogens (tertiary/aromatic N) is 3. The van der Waals surface area contributed by atoms with Crippen LogP contribution < -0.4 is 15.8 Å². The Hall–Kier alpha value is -3.43. The second-order valence-corrected chi connectivity index (χ2v) is 8.39. The number of nitrogens with one attached hydrogen (secondary N) is 1. The van der Waals surface area contributed by atoms with Gasteiger partial charge in [0.1, 0.15) is 24.2 Å². The largest absolute Gasteiger partial charge is 0.502 e. The van der Waals surface area contributed by atoms with E-state index >= 15 is 0 Å². The summed E-state index contributed by atoms with van der Waals surface area (Å²) < 4.78 is 29.9. The summed E-state index contributed by atoms with van der Waals surface area (Å²) in [4.78, 5) is 39.7. The Balaban J connectivity index is 1.70. The van der Waals surface area contributed by atoms with Crippen molar-refractivity contribution in [2.24, 2.45) is 0 Å². The van der Waals surface area contributed by atoms with Gasteiger partial charge in [0.2, 0.25) is 5.43 Å². The molecule has 2 amide bonds. The van der Waals surface area contributed by atoms with Gasteiger partial charge in [-0.2, -0.15) is 0 Å². The monoisotopic (exact) mass is 446 g/mol.